The first-order valence-electron chi connectivity index (χ1n) is 9.27. The van der Waals surface area contributed by atoms with Gasteiger partial charge in [0.1, 0.15) is 11.9 Å². The highest BCUT2D eigenvalue weighted by Gasteiger charge is 2.27. The number of aryl methyl sites for hydroxylation is 1. The summed E-state index contributed by atoms with van der Waals surface area (Å²) in [6.07, 6.45) is 4.09. The monoisotopic (exact) mass is 392 g/mol. The van der Waals surface area contributed by atoms with Crippen molar-refractivity contribution in [2.24, 2.45) is 0 Å². The molecule has 1 aliphatic heterocycles. The van der Waals surface area contributed by atoms with Gasteiger partial charge >= 0.3 is 0 Å². The molecule has 1 atom stereocenters. The molecule has 0 spiro atoms. The third-order valence-corrected chi connectivity index (χ3v) is 5.41. The predicted octanol–water partition coefficient (Wildman–Crippen LogP) is 4.75. The van der Waals surface area contributed by atoms with Crippen LogP contribution in [0.25, 0.3) is 11.1 Å². The van der Waals surface area contributed by atoms with Crippen LogP contribution in [-0.2, 0) is 6.42 Å². The zero-order valence-electron chi connectivity index (χ0n) is 15.8. The first-order valence-corrected chi connectivity index (χ1v) is 9.64. The van der Waals surface area contributed by atoms with E-state index in [1.807, 2.05) is 56.3 Å². The Labute approximate surface area is 169 Å². The lowest BCUT2D eigenvalue weighted by atomic mass is 10.0. The molecule has 1 aromatic heterocycles. The molecule has 142 valence electrons. The van der Waals surface area contributed by atoms with E-state index in [2.05, 4.69) is 10.3 Å². The summed E-state index contributed by atoms with van der Waals surface area (Å²) >= 11 is 6.32. The van der Waals surface area contributed by atoms with Gasteiger partial charge in [-0.05, 0) is 60.9 Å². The SMILES string of the molecule is Cc1cccc(C(=O)NCC2Cc3cc(Cl)cc(-c4ccncc4)c3O2)c1C. The maximum atomic E-state index is 12.6. The molecule has 2 aromatic carbocycles. The zero-order chi connectivity index (χ0) is 19.7. The van der Waals surface area contributed by atoms with Gasteiger partial charge in [-0.25, -0.2) is 0 Å². The van der Waals surface area contributed by atoms with E-state index in [1.54, 1.807) is 12.4 Å². The van der Waals surface area contributed by atoms with E-state index >= 15 is 0 Å². The number of halogens is 1. The highest BCUT2D eigenvalue weighted by atomic mass is 35.5. The number of nitrogens with one attached hydrogen (secondary N) is 1. The van der Waals surface area contributed by atoms with E-state index in [9.17, 15) is 4.79 Å². The average Bonchev–Trinajstić information content (AvgIpc) is 3.11. The number of hydrogen-bond donors (Lipinski definition) is 1. The summed E-state index contributed by atoms with van der Waals surface area (Å²) in [5.41, 5.74) is 5.83. The van der Waals surface area contributed by atoms with Gasteiger partial charge in [0.25, 0.3) is 5.91 Å². The topological polar surface area (TPSA) is 51.2 Å². The number of carbonyl (C=O) groups excluding carboxylic acids is 1. The van der Waals surface area contributed by atoms with Gasteiger partial charge in [-0.2, -0.15) is 0 Å². The van der Waals surface area contributed by atoms with E-state index < -0.39 is 0 Å². The molecule has 0 aliphatic carbocycles. The summed E-state index contributed by atoms with van der Waals surface area (Å²) in [6.45, 7) is 4.41. The normalized spacial score (nSPS) is 15.0. The highest BCUT2D eigenvalue weighted by Crippen LogP contribution is 2.40. The maximum Gasteiger partial charge on any atom is 0.251 e. The van der Waals surface area contributed by atoms with Crippen LogP contribution in [0.2, 0.25) is 5.02 Å². The lowest BCUT2D eigenvalue weighted by Crippen LogP contribution is -2.34. The second kappa shape index (κ2) is 7.64. The summed E-state index contributed by atoms with van der Waals surface area (Å²) in [5, 5.41) is 3.69. The average molecular weight is 393 g/mol. The number of benzene rings is 2. The summed E-state index contributed by atoms with van der Waals surface area (Å²) in [7, 11) is 0. The first-order chi connectivity index (χ1) is 13.5. The van der Waals surface area contributed by atoms with E-state index in [0.717, 1.165) is 33.6 Å². The Kier molecular flexibility index (Phi) is 5.05. The number of ether oxygens (including phenoxy) is 1. The summed E-state index contributed by atoms with van der Waals surface area (Å²) in [4.78, 5) is 16.7. The molecule has 5 heteroatoms. The number of aromatic nitrogens is 1. The third-order valence-electron chi connectivity index (χ3n) is 5.19. The Balaban J connectivity index is 1.50. The molecule has 3 aromatic rings. The van der Waals surface area contributed by atoms with Crippen LogP contribution >= 0.6 is 11.6 Å². The van der Waals surface area contributed by atoms with Crippen molar-refractivity contribution in [3.8, 4) is 16.9 Å². The molecule has 0 bridgehead atoms. The largest absolute Gasteiger partial charge is 0.487 e. The van der Waals surface area contributed by atoms with Gasteiger partial charge in [0, 0.05) is 40.5 Å². The molecule has 2 heterocycles. The molecule has 1 aliphatic rings. The summed E-state index contributed by atoms with van der Waals surface area (Å²) < 4.78 is 6.19. The maximum absolute atomic E-state index is 12.6. The number of hydrogen-bond acceptors (Lipinski definition) is 3. The van der Waals surface area contributed by atoms with Crippen LogP contribution in [0.4, 0.5) is 0 Å². The minimum atomic E-state index is -0.122. The van der Waals surface area contributed by atoms with Crippen molar-refractivity contribution in [1.29, 1.82) is 0 Å². The van der Waals surface area contributed by atoms with Crippen LogP contribution in [-0.4, -0.2) is 23.5 Å². The van der Waals surface area contributed by atoms with Gasteiger partial charge in [0.05, 0.1) is 6.54 Å². The summed E-state index contributed by atoms with van der Waals surface area (Å²) in [5.74, 6) is 0.759. The molecule has 0 saturated carbocycles. The van der Waals surface area contributed by atoms with Crippen LogP contribution in [0.3, 0.4) is 0 Å². The number of fused-ring (bicyclic) bond motifs is 1. The van der Waals surface area contributed by atoms with Gasteiger partial charge in [-0.3, -0.25) is 9.78 Å². The second-order valence-corrected chi connectivity index (χ2v) is 7.52. The molecule has 0 saturated heterocycles. The van der Waals surface area contributed by atoms with Crippen LogP contribution < -0.4 is 10.1 Å². The Bertz CT molecular complexity index is 1030. The Morgan fingerprint density at radius 3 is 2.79 bits per heavy atom. The van der Waals surface area contributed by atoms with Crippen LogP contribution in [0.1, 0.15) is 27.0 Å². The smallest absolute Gasteiger partial charge is 0.251 e. The minimum Gasteiger partial charge on any atom is -0.487 e. The van der Waals surface area contributed by atoms with Crippen molar-refractivity contribution < 1.29 is 9.53 Å². The Morgan fingerprint density at radius 1 is 1.21 bits per heavy atom. The number of carbonyl (C=O) groups is 1. The highest BCUT2D eigenvalue weighted by molar-refractivity contribution is 6.31. The van der Waals surface area contributed by atoms with Crippen LogP contribution in [0, 0.1) is 13.8 Å². The Morgan fingerprint density at radius 2 is 2.00 bits per heavy atom. The van der Waals surface area contributed by atoms with Gasteiger partial charge in [-0.15, -0.1) is 0 Å². The predicted molar refractivity (Wildman–Crippen MR) is 111 cm³/mol. The zero-order valence-corrected chi connectivity index (χ0v) is 16.6. The van der Waals surface area contributed by atoms with Gasteiger partial charge < -0.3 is 10.1 Å². The van der Waals surface area contributed by atoms with Crippen molar-refractivity contribution in [3.05, 3.63) is 82.1 Å². The number of amides is 1. The Hall–Kier alpha value is -2.85. The lowest BCUT2D eigenvalue weighted by Gasteiger charge is -2.15. The quantitative estimate of drug-likeness (QED) is 0.696. The van der Waals surface area contributed by atoms with E-state index in [0.29, 0.717) is 23.6 Å². The summed E-state index contributed by atoms with van der Waals surface area (Å²) in [6, 6.07) is 13.5. The minimum absolute atomic E-state index is 0.0758. The van der Waals surface area contributed by atoms with Crippen LogP contribution in [0.15, 0.2) is 54.9 Å². The number of pyridine rings is 1. The van der Waals surface area contributed by atoms with Crippen molar-refractivity contribution in [2.45, 2.75) is 26.4 Å². The molecule has 0 fully saturated rings. The third kappa shape index (κ3) is 3.60. The molecular weight excluding hydrogens is 372 g/mol. The molecule has 0 radical (unpaired) electrons. The van der Waals surface area contributed by atoms with Crippen molar-refractivity contribution in [1.82, 2.24) is 10.3 Å². The van der Waals surface area contributed by atoms with Crippen molar-refractivity contribution in [2.75, 3.05) is 6.54 Å². The molecule has 1 N–H and O–H groups in total. The second-order valence-electron chi connectivity index (χ2n) is 7.08. The van der Waals surface area contributed by atoms with E-state index in [4.69, 9.17) is 16.3 Å². The van der Waals surface area contributed by atoms with Crippen LogP contribution in [0.5, 0.6) is 5.75 Å². The number of nitrogens with zero attached hydrogens (tertiary/aromatic N) is 1. The van der Waals surface area contributed by atoms with Crippen molar-refractivity contribution in [3.63, 3.8) is 0 Å². The van der Waals surface area contributed by atoms with Crippen molar-refractivity contribution >= 4 is 17.5 Å². The fourth-order valence-electron chi connectivity index (χ4n) is 3.55. The van der Waals surface area contributed by atoms with Gasteiger partial charge in [0.15, 0.2) is 0 Å². The number of rotatable bonds is 4. The van der Waals surface area contributed by atoms with Gasteiger partial charge in [-0.1, -0.05) is 23.7 Å². The van der Waals surface area contributed by atoms with E-state index in [-0.39, 0.29) is 12.0 Å². The molecular formula is C23H21ClN2O2. The molecule has 4 rings (SSSR count). The molecule has 28 heavy (non-hydrogen) atoms. The molecule has 4 nitrogen and oxygen atoms in total. The fraction of sp³-hybridized carbons (Fsp3) is 0.217. The first kappa shape index (κ1) is 18.5. The van der Waals surface area contributed by atoms with Gasteiger partial charge in [0.2, 0.25) is 0 Å². The molecule has 1 unspecified atom stereocenters. The fourth-order valence-corrected chi connectivity index (χ4v) is 3.79. The standard InChI is InChI=1S/C23H21ClN2O2/c1-14-4-3-5-20(15(14)2)23(27)26-13-19-11-17-10-18(24)12-21(22(17)28-19)16-6-8-25-9-7-16/h3-10,12,19H,11,13H2,1-2H3,(H,26,27). The lowest BCUT2D eigenvalue weighted by molar-refractivity contribution is 0.0933. The van der Waals surface area contributed by atoms with E-state index in [1.165, 1.54) is 0 Å². The molecule has 1 amide bonds.